The van der Waals surface area contributed by atoms with E-state index in [4.69, 9.17) is 4.74 Å². The molecule has 0 aliphatic carbocycles. The minimum Gasteiger partial charge on any atom is -0.376 e. The number of nitrogens with one attached hydrogen (secondary N) is 1. The lowest BCUT2D eigenvalue weighted by Crippen LogP contribution is -2.41. The van der Waals surface area contributed by atoms with Crippen LogP contribution >= 0.6 is 11.5 Å². The highest BCUT2D eigenvalue weighted by Gasteiger charge is 2.37. The number of hydrogen-bond acceptors (Lipinski definition) is 5. The Morgan fingerprint density at radius 3 is 3.06 bits per heavy atom. The van der Waals surface area contributed by atoms with E-state index in [2.05, 4.69) is 35.4 Å². The maximum absolute atomic E-state index is 5.59. The molecule has 90 valence electrons. The van der Waals surface area contributed by atoms with Gasteiger partial charge in [-0.15, -0.1) is 0 Å². The van der Waals surface area contributed by atoms with Crippen LogP contribution in [0, 0.1) is 0 Å². The standard InChI is InChI=1S/C11H19N3OS/c1-4-5-9-12-10(16-14-9)13-11(3)6-7-15-8(11)2/h8H,4-7H2,1-3H3,(H,12,13,14). The summed E-state index contributed by atoms with van der Waals surface area (Å²) in [6.45, 7) is 7.26. The normalized spacial score (nSPS) is 29.6. The summed E-state index contributed by atoms with van der Waals surface area (Å²) in [6.07, 6.45) is 3.30. The minimum atomic E-state index is 0.00299. The van der Waals surface area contributed by atoms with Crippen LogP contribution in [0.3, 0.4) is 0 Å². The molecule has 0 saturated carbocycles. The number of anilines is 1. The Balaban J connectivity index is 2.02. The summed E-state index contributed by atoms with van der Waals surface area (Å²) in [7, 11) is 0. The van der Waals surface area contributed by atoms with Crippen molar-refractivity contribution in [3.05, 3.63) is 5.82 Å². The van der Waals surface area contributed by atoms with Gasteiger partial charge in [-0.2, -0.15) is 4.37 Å². The second kappa shape index (κ2) is 4.67. The van der Waals surface area contributed by atoms with Crippen LogP contribution < -0.4 is 5.32 Å². The van der Waals surface area contributed by atoms with E-state index < -0.39 is 0 Å². The smallest absolute Gasteiger partial charge is 0.203 e. The lowest BCUT2D eigenvalue weighted by atomic mass is 9.95. The van der Waals surface area contributed by atoms with E-state index >= 15 is 0 Å². The number of aromatic nitrogens is 2. The molecule has 1 aromatic rings. The molecule has 5 heteroatoms. The van der Waals surface area contributed by atoms with Gasteiger partial charge in [-0.05, 0) is 26.7 Å². The zero-order valence-electron chi connectivity index (χ0n) is 10.1. The highest BCUT2D eigenvalue weighted by atomic mass is 32.1. The van der Waals surface area contributed by atoms with Crippen molar-refractivity contribution in [1.82, 2.24) is 9.36 Å². The van der Waals surface area contributed by atoms with Crippen molar-refractivity contribution in [2.24, 2.45) is 0 Å². The van der Waals surface area contributed by atoms with E-state index in [0.29, 0.717) is 0 Å². The molecule has 0 amide bonds. The van der Waals surface area contributed by atoms with Gasteiger partial charge in [0.1, 0.15) is 5.82 Å². The zero-order valence-corrected chi connectivity index (χ0v) is 10.9. The van der Waals surface area contributed by atoms with Gasteiger partial charge in [0.15, 0.2) is 0 Å². The molecule has 2 heterocycles. The Labute approximate surface area is 101 Å². The van der Waals surface area contributed by atoms with Crippen LogP contribution in [0.25, 0.3) is 0 Å². The molecule has 0 bridgehead atoms. The first-order valence-corrected chi connectivity index (χ1v) is 6.64. The van der Waals surface area contributed by atoms with Crippen LogP contribution in [-0.2, 0) is 11.2 Å². The van der Waals surface area contributed by atoms with Crippen molar-refractivity contribution in [2.75, 3.05) is 11.9 Å². The fourth-order valence-electron chi connectivity index (χ4n) is 1.87. The molecule has 1 aliphatic heterocycles. The van der Waals surface area contributed by atoms with Crippen LogP contribution in [0.1, 0.15) is 39.4 Å². The van der Waals surface area contributed by atoms with E-state index in [1.807, 2.05) is 0 Å². The van der Waals surface area contributed by atoms with Crippen LogP contribution in [0.4, 0.5) is 5.13 Å². The third-order valence-electron chi connectivity index (χ3n) is 3.22. The van der Waals surface area contributed by atoms with Gasteiger partial charge in [-0.25, -0.2) is 4.98 Å². The maximum atomic E-state index is 5.59. The number of ether oxygens (including phenoxy) is 1. The Kier molecular flexibility index (Phi) is 3.44. The molecule has 1 saturated heterocycles. The number of hydrogen-bond donors (Lipinski definition) is 1. The molecule has 0 spiro atoms. The van der Waals surface area contributed by atoms with E-state index in [9.17, 15) is 0 Å². The van der Waals surface area contributed by atoms with Gasteiger partial charge in [0.25, 0.3) is 0 Å². The summed E-state index contributed by atoms with van der Waals surface area (Å²) in [5.74, 6) is 0.949. The highest BCUT2D eigenvalue weighted by Crippen LogP contribution is 2.30. The number of rotatable bonds is 4. The summed E-state index contributed by atoms with van der Waals surface area (Å²) >= 11 is 1.45. The van der Waals surface area contributed by atoms with E-state index in [-0.39, 0.29) is 11.6 Å². The van der Waals surface area contributed by atoms with Crippen molar-refractivity contribution < 1.29 is 4.74 Å². The predicted molar refractivity (Wildman–Crippen MR) is 66.0 cm³/mol. The van der Waals surface area contributed by atoms with E-state index in [0.717, 1.165) is 36.8 Å². The zero-order chi connectivity index (χ0) is 11.6. The van der Waals surface area contributed by atoms with Crippen molar-refractivity contribution in [1.29, 1.82) is 0 Å². The highest BCUT2D eigenvalue weighted by molar-refractivity contribution is 7.09. The third-order valence-corrected chi connectivity index (χ3v) is 3.89. The first kappa shape index (κ1) is 11.8. The molecule has 0 aromatic carbocycles. The van der Waals surface area contributed by atoms with Crippen LogP contribution in [0.5, 0.6) is 0 Å². The largest absolute Gasteiger partial charge is 0.376 e. The van der Waals surface area contributed by atoms with Gasteiger partial charge < -0.3 is 10.1 Å². The van der Waals surface area contributed by atoms with Crippen LogP contribution in [-0.4, -0.2) is 27.6 Å². The van der Waals surface area contributed by atoms with Gasteiger partial charge in [0.05, 0.1) is 11.6 Å². The van der Waals surface area contributed by atoms with Crippen LogP contribution in [0.2, 0.25) is 0 Å². The predicted octanol–water partition coefficient (Wildman–Crippen LogP) is 2.47. The molecule has 2 rings (SSSR count). The minimum absolute atomic E-state index is 0.00299. The van der Waals surface area contributed by atoms with Crippen molar-refractivity contribution >= 4 is 16.7 Å². The quantitative estimate of drug-likeness (QED) is 0.879. The van der Waals surface area contributed by atoms with E-state index in [1.165, 1.54) is 11.5 Å². The number of nitrogens with zero attached hydrogens (tertiary/aromatic N) is 2. The fourth-order valence-corrected chi connectivity index (χ4v) is 2.62. The van der Waals surface area contributed by atoms with Crippen molar-refractivity contribution in [2.45, 2.75) is 51.7 Å². The molecule has 2 atom stereocenters. The summed E-state index contributed by atoms with van der Waals surface area (Å²) in [6, 6.07) is 0. The topological polar surface area (TPSA) is 47.0 Å². The molecule has 2 unspecified atom stereocenters. The molecular formula is C11H19N3OS. The SMILES string of the molecule is CCCc1nsc(NC2(C)CCOC2C)n1. The molecule has 1 fully saturated rings. The molecule has 1 aromatic heterocycles. The van der Waals surface area contributed by atoms with Gasteiger partial charge in [-0.3, -0.25) is 0 Å². The fraction of sp³-hybridized carbons (Fsp3) is 0.818. The first-order chi connectivity index (χ1) is 7.64. The Morgan fingerprint density at radius 1 is 1.62 bits per heavy atom. The molecule has 16 heavy (non-hydrogen) atoms. The molecule has 4 nitrogen and oxygen atoms in total. The Bertz CT molecular complexity index is 355. The van der Waals surface area contributed by atoms with Crippen molar-refractivity contribution in [3.63, 3.8) is 0 Å². The summed E-state index contributed by atoms with van der Waals surface area (Å²) in [5.41, 5.74) is 0.00299. The van der Waals surface area contributed by atoms with Gasteiger partial charge in [0.2, 0.25) is 5.13 Å². The van der Waals surface area contributed by atoms with E-state index in [1.54, 1.807) is 0 Å². The van der Waals surface area contributed by atoms with Gasteiger partial charge >= 0.3 is 0 Å². The average molecular weight is 241 g/mol. The molecular weight excluding hydrogens is 222 g/mol. The summed E-state index contributed by atoms with van der Waals surface area (Å²) < 4.78 is 9.92. The molecule has 0 radical (unpaired) electrons. The van der Waals surface area contributed by atoms with Gasteiger partial charge in [-0.1, -0.05) is 6.92 Å². The Morgan fingerprint density at radius 2 is 2.44 bits per heavy atom. The third kappa shape index (κ3) is 2.35. The maximum Gasteiger partial charge on any atom is 0.203 e. The molecule has 1 aliphatic rings. The second-order valence-electron chi connectivity index (χ2n) is 4.57. The second-order valence-corrected chi connectivity index (χ2v) is 5.32. The van der Waals surface area contributed by atoms with Crippen LogP contribution in [0.15, 0.2) is 0 Å². The summed E-state index contributed by atoms with van der Waals surface area (Å²) in [5, 5.41) is 4.39. The first-order valence-electron chi connectivity index (χ1n) is 5.86. The Hall–Kier alpha value is -0.680. The summed E-state index contributed by atoms with van der Waals surface area (Å²) in [4.78, 5) is 4.48. The lowest BCUT2D eigenvalue weighted by Gasteiger charge is -2.28. The lowest BCUT2D eigenvalue weighted by molar-refractivity contribution is 0.105. The average Bonchev–Trinajstić information content (AvgIpc) is 2.77. The monoisotopic (exact) mass is 241 g/mol. The molecule has 1 N–H and O–H groups in total. The number of aryl methyl sites for hydroxylation is 1. The van der Waals surface area contributed by atoms with Gasteiger partial charge in [0, 0.05) is 24.6 Å². The van der Waals surface area contributed by atoms with Crippen molar-refractivity contribution in [3.8, 4) is 0 Å².